The lowest BCUT2D eigenvalue weighted by molar-refractivity contribution is -0.110. The molecule has 4 rings (SSSR count). The molecule has 2 aliphatic heterocycles. The van der Waals surface area contributed by atoms with Gasteiger partial charge in [-0.25, -0.2) is 0 Å². The highest BCUT2D eigenvalue weighted by atomic mass is 16.7. The van der Waals surface area contributed by atoms with E-state index in [1.807, 2.05) is 36.4 Å². The van der Waals surface area contributed by atoms with Gasteiger partial charge in [0.2, 0.25) is 13.6 Å². The number of ketones is 1. The number of hydrogen-bond donors (Lipinski definition) is 0. The molecule has 0 atom stereocenters. The van der Waals surface area contributed by atoms with Gasteiger partial charge in [0.05, 0.1) is 0 Å². The van der Waals surface area contributed by atoms with Crippen LogP contribution in [-0.4, -0.2) is 19.4 Å². The fourth-order valence-corrected chi connectivity index (χ4v) is 2.45. The Morgan fingerprint density at radius 2 is 1.17 bits per heavy atom. The fourth-order valence-electron chi connectivity index (χ4n) is 2.45. The molecule has 120 valence electrons. The minimum Gasteiger partial charge on any atom is -0.454 e. The molecule has 5 heteroatoms. The third kappa shape index (κ3) is 2.96. The van der Waals surface area contributed by atoms with Crippen molar-refractivity contribution in [2.75, 3.05) is 13.6 Å². The highest BCUT2D eigenvalue weighted by molar-refractivity contribution is 6.04. The summed E-state index contributed by atoms with van der Waals surface area (Å²) in [5.74, 6) is 2.73. The number of benzene rings is 2. The lowest BCUT2D eigenvalue weighted by Gasteiger charge is -1.97. The second-order valence-corrected chi connectivity index (χ2v) is 5.29. The maximum Gasteiger partial charge on any atom is 0.231 e. The smallest absolute Gasteiger partial charge is 0.231 e. The summed E-state index contributed by atoms with van der Waals surface area (Å²) in [6.07, 6.45) is 6.52. The highest BCUT2D eigenvalue weighted by Gasteiger charge is 2.13. The van der Waals surface area contributed by atoms with E-state index in [9.17, 15) is 4.79 Å². The number of allylic oxidation sites excluding steroid dienone is 2. The lowest BCUT2D eigenvalue weighted by Crippen LogP contribution is -1.92. The minimum absolute atomic E-state index is 0.106. The van der Waals surface area contributed by atoms with Gasteiger partial charge in [-0.1, -0.05) is 24.3 Å². The number of carbonyl (C=O) groups excluding carboxylic acids is 1. The van der Waals surface area contributed by atoms with E-state index in [4.69, 9.17) is 18.9 Å². The summed E-state index contributed by atoms with van der Waals surface area (Å²) in [5, 5.41) is 0. The first kappa shape index (κ1) is 14.4. The third-order valence-corrected chi connectivity index (χ3v) is 3.67. The zero-order valence-electron chi connectivity index (χ0n) is 12.7. The van der Waals surface area contributed by atoms with Crippen LogP contribution in [0.1, 0.15) is 11.1 Å². The van der Waals surface area contributed by atoms with Crippen LogP contribution in [0.2, 0.25) is 0 Å². The molecule has 2 heterocycles. The van der Waals surface area contributed by atoms with Crippen molar-refractivity contribution in [1.29, 1.82) is 0 Å². The first-order chi connectivity index (χ1) is 11.8. The SMILES string of the molecule is O=C(/C=C/c1ccc2c(c1)OCO2)/C=C/c1ccc2c(c1)OCO2. The van der Waals surface area contributed by atoms with Crippen LogP contribution in [0.15, 0.2) is 48.6 Å². The standard InChI is InChI=1S/C19H14O5/c20-15(5-1-13-3-7-16-18(9-13)23-11-21-16)6-2-14-4-8-17-19(10-14)24-12-22-17/h1-10H,11-12H2/b5-1+,6-2+. The maximum absolute atomic E-state index is 12.0. The van der Waals surface area contributed by atoms with Crippen LogP contribution >= 0.6 is 0 Å². The highest BCUT2D eigenvalue weighted by Crippen LogP contribution is 2.33. The quantitative estimate of drug-likeness (QED) is 0.807. The molecule has 0 amide bonds. The van der Waals surface area contributed by atoms with Crippen molar-refractivity contribution < 1.29 is 23.7 Å². The third-order valence-electron chi connectivity index (χ3n) is 3.67. The van der Waals surface area contributed by atoms with Gasteiger partial charge in [0.1, 0.15) is 0 Å². The Morgan fingerprint density at radius 3 is 1.67 bits per heavy atom. The van der Waals surface area contributed by atoms with Crippen molar-refractivity contribution in [3.8, 4) is 23.0 Å². The average Bonchev–Trinajstić information content (AvgIpc) is 3.25. The van der Waals surface area contributed by atoms with E-state index in [1.165, 1.54) is 12.2 Å². The number of carbonyl (C=O) groups is 1. The van der Waals surface area contributed by atoms with E-state index in [2.05, 4.69) is 0 Å². The summed E-state index contributed by atoms with van der Waals surface area (Å²) in [6, 6.07) is 11.1. The van der Waals surface area contributed by atoms with E-state index in [0.717, 1.165) is 22.6 Å². The largest absolute Gasteiger partial charge is 0.454 e. The van der Waals surface area contributed by atoms with Crippen LogP contribution in [0.4, 0.5) is 0 Å². The molecule has 0 N–H and O–H groups in total. The molecule has 0 saturated carbocycles. The number of fused-ring (bicyclic) bond motifs is 2. The van der Waals surface area contributed by atoms with Gasteiger partial charge in [-0.2, -0.15) is 0 Å². The molecule has 0 aromatic heterocycles. The number of hydrogen-bond acceptors (Lipinski definition) is 5. The summed E-state index contributed by atoms with van der Waals surface area (Å²) in [4.78, 5) is 12.0. The Hall–Kier alpha value is -3.21. The van der Waals surface area contributed by atoms with Crippen LogP contribution in [-0.2, 0) is 4.79 Å². The molecule has 0 aliphatic carbocycles. The summed E-state index contributed by atoms with van der Waals surface area (Å²) in [7, 11) is 0. The molecule has 0 bridgehead atoms. The monoisotopic (exact) mass is 322 g/mol. The number of rotatable bonds is 4. The Bertz CT molecular complexity index is 781. The topological polar surface area (TPSA) is 54.0 Å². The first-order valence-corrected chi connectivity index (χ1v) is 7.47. The Kier molecular flexibility index (Phi) is 3.67. The Balaban J connectivity index is 1.42. The molecule has 0 fully saturated rings. The van der Waals surface area contributed by atoms with Gasteiger partial charge in [-0.3, -0.25) is 4.79 Å². The molecule has 2 aromatic rings. The lowest BCUT2D eigenvalue weighted by atomic mass is 10.1. The van der Waals surface area contributed by atoms with Gasteiger partial charge < -0.3 is 18.9 Å². The van der Waals surface area contributed by atoms with Gasteiger partial charge in [0, 0.05) is 0 Å². The van der Waals surface area contributed by atoms with Crippen LogP contribution in [0.3, 0.4) is 0 Å². The molecule has 2 aromatic carbocycles. The first-order valence-electron chi connectivity index (χ1n) is 7.47. The molecule has 0 spiro atoms. The number of ether oxygens (including phenoxy) is 4. The molecule has 0 radical (unpaired) electrons. The Morgan fingerprint density at radius 1 is 0.708 bits per heavy atom. The molecule has 24 heavy (non-hydrogen) atoms. The predicted octanol–water partition coefficient (Wildman–Crippen LogP) is 3.44. The van der Waals surface area contributed by atoms with Crippen molar-refractivity contribution in [2.45, 2.75) is 0 Å². The van der Waals surface area contributed by atoms with Crippen LogP contribution < -0.4 is 18.9 Å². The van der Waals surface area contributed by atoms with Gasteiger partial charge in [-0.15, -0.1) is 0 Å². The summed E-state index contributed by atoms with van der Waals surface area (Å²) in [5.41, 5.74) is 1.76. The van der Waals surface area contributed by atoms with Crippen LogP contribution in [0.5, 0.6) is 23.0 Å². The van der Waals surface area contributed by atoms with E-state index < -0.39 is 0 Å². The minimum atomic E-state index is -0.106. The van der Waals surface area contributed by atoms with E-state index >= 15 is 0 Å². The molecular weight excluding hydrogens is 308 g/mol. The van der Waals surface area contributed by atoms with Crippen molar-refractivity contribution in [1.82, 2.24) is 0 Å². The Labute approximate surface area is 138 Å². The van der Waals surface area contributed by atoms with Gasteiger partial charge >= 0.3 is 0 Å². The molecule has 2 aliphatic rings. The van der Waals surface area contributed by atoms with Gasteiger partial charge in [0.15, 0.2) is 28.8 Å². The predicted molar refractivity (Wildman–Crippen MR) is 88.2 cm³/mol. The van der Waals surface area contributed by atoms with Crippen molar-refractivity contribution in [3.63, 3.8) is 0 Å². The second-order valence-electron chi connectivity index (χ2n) is 5.29. The zero-order valence-corrected chi connectivity index (χ0v) is 12.7. The van der Waals surface area contributed by atoms with Crippen molar-refractivity contribution in [3.05, 3.63) is 59.7 Å². The summed E-state index contributed by atoms with van der Waals surface area (Å²) in [6.45, 7) is 0.472. The average molecular weight is 322 g/mol. The molecule has 0 saturated heterocycles. The van der Waals surface area contributed by atoms with E-state index in [0.29, 0.717) is 11.5 Å². The summed E-state index contributed by atoms with van der Waals surface area (Å²) >= 11 is 0. The maximum atomic E-state index is 12.0. The fraction of sp³-hybridized carbons (Fsp3) is 0.105. The molecule has 5 nitrogen and oxygen atoms in total. The van der Waals surface area contributed by atoms with E-state index in [-0.39, 0.29) is 19.4 Å². The van der Waals surface area contributed by atoms with Crippen LogP contribution in [0, 0.1) is 0 Å². The summed E-state index contributed by atoms with van der Waals surface area (Å²) < 4.78 is 21.1. The van der Waals surface area contributed by atoms with Crippen molar-refractivity contribution >= 4 is 17.9 Å². The van der Waals surface area contributed by atoms with Gasteiger partial charge in [-0.05, 0) is 47.5 Å². The molecule has 0 unspecified atom stereocenters. The van der Waals surface area contributed by atoms with Gasteiger partial charge in [0.25, 0.3) is 0 Å². The second kappa shape index (κ2) is 6.12. The zero-order chi connectivity index (χ0) is 16.4. The van der Waals surface area contributed by atoms with Crippen molar-refractivity contribution in [2.24, 2.45) is 0 Å². The van der Waals surface area contributed by atoms with Crippen LogP contribution in [0.25, 0.3) is 12.2 Å². The normalized spacial score (nSPS) is 14.7. The molecular formula is C19H14O5. The van der Waals surface area contributed by atoms with E-state index in [1.54, 1.807) is 12.2 Å².